The number of hydrogen-bond donors (Lipinski definition) is 1. The average molecular weight is 210 g/mol. The van der Waals surface area contributed by atoms with E-state index >= 15 is 0 Å². The molecule has 0 aliphatic heterocycles. The lowest BCUT2D eigenvalue weighted by molar-refractivity contribution is 0.597. The number of aryl methyl sites for hydroxylation is 1. The highest BCUT2D eigenvalue weighted by Gasteiger charge is 2.11. The first-order chi connectivity index (χ1) is 6.45. The molecule has 0 aromatic heterocycles. The zero-order valence-electron chi connectivity index (χ0n) is 7.69. The number of primary sulfonamides is 1. The van der Waals surface area contributed by atoms with Gasteiger partial charge >= 0.3 is 0 Å². The molecule has 0 fully saturated rings. The first kappa shape index (κ1) is 10.7. The molecule has 0 amide bonds. The molecule has 1 rings (SSSR count). The topological polar surface area (TPSA) is 83.9 Å². The van der Waals surface area contributed by atoms with Crippen LogP contribution >= 0.6 is 0 Å². The largest absolute Gasteiger partial charge is 0.238 e. The molecule has 0 bridgehead atoms. The van der Waals surface area contributed by atoms with Gasteiger partial charge in [-0.05, 0) is 24.1 Å². The standard InChI is InChI=1S/C9H10N2O2S/c1-7-2-3-8(4-5-10)6-9(7)14(11,12)13/h2-3,6H,4H2,1H3,(H2,11,12,13). The Kier molecular flexibility index (Phi) is 2.89. The molecule has 1 aromatic rings. The van der Waals surface area contributed by atoms with Gasteiger partial charge in [0.05, 0.1) is 17.4 Å². The minimum atomic E-state index is -3.68. The van der Waals surface area contributed by atoms with Gasteiger partial charge in [-0.15, -0.1) is 0 Å². The normalized spacial score (nSPS) is 10.9. The van der Waals surface area contributed by atoms with Crippen LogP contribution in [0.25, 0.3) is 0 Å². The van der Waals surface area contributed by atoms with Crippen LogP contribution in [0, 0.1) is 18.3 Å². The van der Waals surface area contributed by atoms with Gasteiger partial charge in [0.25, 0.3) is 0 Å². The lowest BCUT2D eigenvalue weighted by atomic mass is 10.1. The average Bonchev–Trinajstić information content (AvgIpc) is 2.07. The molecule has 0 heterocycles. The molecule has 0 unspecified atom stereocenters. The maximum Gasteiger partial charge on any atom is 0.238 e. The number of sulfonamides is 1. The summed E-state index contributed by atoms with van der Waals surface area (Å²) in [5.74, 6) is 0. The zero-order valence-corrected chi connectivity index (χ0v) is 8.50. The monoisotopic (exact) mass is 210 g/mol. The molecule has 5 heteroatoms. The Balaban J connectivity index is 3.31. The first-order valence-electron chi connectivity index (χ1n) is 3.94. The summed E-state index contributed by atoms with van der Waals surface area (Å²) < 4.78 is 22.2. The van der Waals surface area contributed by atoms with Crippen molar-refractivity contribution >= 4 is 10.0 Å². The Bertz CT molecular complexity index is 486. The second-order valence-corrected chi connectivity index (χ2v) is 4.51. The Morgan fingerprint density at radius 1 is 1.50 bits per heavy atom. The zero-order chi connectivity index (χ0) is 10.8. The van der Waals surface area contributed by atoms with Gasteiger partial charge in [0.2, 0.25) is 10.0 Å². The van der Waals surface area contributed by atoms with Crippen molar-refractivity contribution in [2.24, 2.45) is 5.14 Å². The smallest absolute Gasteiger partial charge is 0.225 e. The highest BCUT2D eigenvalue weighted by molar-refractivity contribution is 7.89. The van der Waals surface area contributed by atoms with Crippen LogP contribution in [0.2, 0.25) is 0 Å². The van der Waals surface area contributed by atoms with E-state index in [0.717, 1.165) is 0 Å². The predicted octanol–water partition coefficient (Wildman–Crippen LogP) is 0.709. The van der Waals surface area contributed by atoms with E-state index in [0.29, 0.717) is 11.1 Å². The molecule has 14 heavy (non-hydrogen) atoms. The van der Waals surface area contributed by atoms with Crippen molar-refractivity contribution in [2.45, 2.75) is 18.2 Å². The van der Waals surface area contributed by atoms with E-state index in [9.17, 15) is 8.42 Å². The summed E-state index contributed by atoms with van der Waals surface area (Å²) in [4.78, 5) is 0.0882. The summed E-state index contributed by atoms with van der Waals surface area (Å²) in [6.07, 6.45) is 0.183. The fourth-order valence-corrected chi connectivity index (χ4v) is 1.98. The van der Waals surface area contributed by atoms with Gasteiger partial charge in [0.1, 0.15) is 0 Å². The van der Waals surface area contributed by atoms with Crippen LogP contribution < -0.4 is 5.14 Å². The molecule has 0 saturated carbocycles. The molecular formula is C9H10N2O2S. The van der Waals surface area contributed by atoms with Crippen LogP contribution in [-0.4, -0.2) is 8.42 Å². The minimum Gasteiger partial charge on any atom is -0.225 e. The lowest BCUT2D eigenvalue weighted by Crippen LogP contribution is -2.13. The molecular weight excluding hydrogens is 200 g/mol. The van der Waals surface area contributed by atoms with Crippen molar-refractivity contribution in [2.75, 3.05) is 0 Å². The molecule has 4 nitrogen and oxygen atoms in total. The van der Waals surface area contributed by atoms with E-state index in [2.05, 4.69) is 0 Å². The number of nitriles is 1. The molecule has 2 N–H and O–H groups in total. The third-order valence-corrected chi connectivity index (χ3v) is 2.90. The molecule has 0 saturated heterocycles. The Hall–Kier alpha value is -1.38. The molecule has 0 aliphatic carbocycles. The summed E-state index contributed by atoms with van der Waals surface area (Å²) in [6, 6.07) is 6.75. The molecule has 0 aliphatic rings. The van der Waals surface area contributed by atoms with Gasteiger partial charge in [0, 0.05) is 0 Å². The van der Waals surface area contributed by atoms with Crippen LogP contribution in [0.1, 0.15) is 11.1 Å². The van der Waals surface area contributed by atoms with Crippen LogP contribution in [-0.2, 0) is 16.4 Å². The van der Waals surface area contributed by atoms with Gasteiger partial charge in [0.15, 0.2) is 0 Å². The van der Waals surface area contributed by atoms with E-state index in [1.54, 1.807) is 19.1 Å². The highest BCUT2D eigenvalue weighted by Crippen LogP contribution is 2.15. The maximum atomic E-state index is 11.1. The third kappa shape index (κ3) is 2.31. The number of nitrogens with zero attached hydrogens (tertiary/aromatic N) is 1. The molecule has 0 atom stereocenters. The van der Waals surface area contributed by atoms with Crippen molar-refractivity contribution in [3.8, 4) is 6.07 Å². The van der Waals surface area contributed by atoms with E-state index < -0.39 is 10.0 Å². The minimum absolute atomic E-state index is 0.0882. The van der Waals surface area contributed by atoms with Gasteiger partial charge < -0.3 is 0 Å². The highest BCUT2D eigenvalue weighted by atomic mass is 32.2. The molecule has 1 aromatic carbocycles. The maximum absolute atomic E-state index is 11.1. The Labute approximate surface area is 83.0 Å². The Morgan fingerprint density at radius 3 is 2.64 bits per heavy atom. The van der Waals surface area contributed by atoms with Crippen molar-refractivity contribution in [3.63, 3.8) is 0 Å². The van der Waals surface area contributed by atoms with E-state index in [1.807, 2.05) is 6.07 Å². The lowest BCUT2D eigenvalue weighted by Gasteiger charge is -2.04. The number of benzene rings is 1. The third-order valence-electron chi connectivity index (χ3n) is 1.84. The fraction of sp³-hybridized carbons (Fsp3) is 0.222. The van der Waals surface area contributed by atoms with Crippen molar-refractivity contribution in [1.82, 2.24) is 0 Å². The van der Waals surface area contributed by atoms with E-state index in [-0.39, 0.29) is 11.3 Å². The summed E-state index contributed by atoms with van der Waals surface area (Å²) >= 11 is 0. The quantitative estimate of drug-likeness (QED) is 0.780. The summed E-state index contributed by atoms with van der Waals surface area (Å²) in [7, 11) is -3.68. The van der Waals surface area contributed by atoms with Gasteiger partial charge in [-0.2, -0.15) is 5.26 Å². The van der Waals surface area contributed by atoms with Crippen LogP contribution in [0.15, 0.2) is 23.1 Å². The second-order valence-electron chi connectivity index (χ2n) is 2.98. The Morgan fingerprint density at radius 2 is 2.14 bits per heavy atom. The van der Waals surface area contributed by atoms with Gasteiger partial charge in [-0.3, -0.25) is 0 Å². The number of hydrogen-bond acceptors (Lipinski definition) is 3. The summed E-state index contributed by atoms with van der Waals surface area (Å²) in [5, 5.41) is 13.5. The van der Waals surface area contributed by atoms with Crippen molar-refractivity contribution < 1.29 is 8.42 Å². The summed E-state index contributed by atoms with van der Waals surface area (Å²) in [6.45, 7) is 1.66. The predicted molar refractivity (Wildman–Crippen MR) is 51.9 cm³/mol. The van der Waals surface area contributed by atoms with Crippen LogP contribution in [0.3, 0.4) is 0 Å². The van der Waals surface area contributed by atoms with Gasteiger partial charge in [-0.25, -0.2) is 13.6 Å². The first-order valence-corrected chi connectivity index (χ1v) is 5.49. The van der Waals surface area contributed by atoms with Crippen LogP contribution in [0.5, 0.6) is 0 Å². The number of rotatable bonds is 2. The second kappa shape index (κ2) is 3.78. The van der Waals surface area contributed by atoms with Crippen molar-refractivity contribution in [1.29, 1.82) is 5.26 Å². The van der Waals surface area contributed by atoms with E-state index in [4.69, 9.17) is 10.4 Å². The SMILES string of the molecule is Cc1ccc(CC#N)cc1S(N)(=O)=O. The number of nitrogens with two attached hydrogens (primary N) is 1. The van der Waals surface area contributed by atoms with Crippen LogP contribution in [0.4, 0.5) is 0 Å². The summed E-state index contributed by atoms with van der Waals surface area (Å²) in [5.41, 5.74) is 1.25. The van der Waals surface area contributed by atoms with E-state index in [1.165, 1.54) is 6.07 Å². The fourth-order valence-electron chi connectivity index (χ4n) is 1.15. The molecule has 0 radical (unpaired) electrons. The van der Waals surface area contributed by atoms with Crippen molar-refractivity contribution in [3.05, 3.63) is 29.3 Å². The molecule has 74 valence electrons. The molecule has 0 spiro atoms. The van der Waals surface area contributed by atoms with Gasteiger partial charge in [-0.1, -0.05) is 12.1 Å².